The molecule has 2 aromatic carbocycles. The molecule has 0 bridgehead atoms. The van der Waals surface area contributed by atoms with Crippen LogP contribution in [0.5, 0.6) is 0 Å². The molecule has 1 heterocycles. The maximum Gasteiger partial charge on any atom is 0.187 e. The molecule has 2 heteroatoms. The summed E-state index contributed by atoms with van der Waals surface area (Å²) in [6.45, 7) is 0. The minimum Gasteiger partial charge on any atom is -0.350 e. The molecule has 0 unspecified atom stereocenters. The Morgan fingerprint density at radius 1 is 0.833 bits per heavy atom. The van der Waals surface area contributed by atoms with Gasteiger partial charge < -0.3 is 4.57 Å². The Morgan fingerprint density at radius 2 is 1.46 bits per heavy atom. The first kappa shape index (κ1) is 15.8. The average Bonchev–Trinajstić information content (AvgIpc) is 3.05. The number of allylic oxidation sites excluding steroid dienone is 2. The van der Waals surface area contributed by atoms with Crippen molar-refractivity contribution in [3.63, 3.8) is 0 Å². The van der Waals surface area contributed by atoms with Crippen molar-refractivity contribution in [3.8, 4) is 0 Å². The topological polar surface area (TPSA) is 22.0 Å². The molecule has 24 heavy (non-hydrogen) atoms. The van der Waals surface area contributed by atoms with E-state index in [1.54, 1.807) is 6.08 Å². The van der Waals surface area contributed by atoms with Gasteiger partial charge in [-0.1, -0.05) is 66.7 Å². The highest BCUT2D eigenvalue weighted by Crippen LogP contribution is 2.20. The van der Waals surface area contributed by atoms with E-state index in [1.807, 2.05) is 103 Å². The number of hydrogen-bond acceptors (Lipinski definition) is 1. The molecular weight excluding hydrogens is 294 g/mol. The molecule has 1 aromatic heterocycles. The van der Waals surface area contributed by atoms with Crippen LogP contribution in [0.15, 0.2) is 85.1 Å². The summed E-state index contributed by atoms with van der Waals surface area (Å²) in [5, 5.41) is 0. The quantitative estimate of drug-likeness (QED) is 0.617. The Labute approximate surface area is 142 Å². The van der Waals surface area contributed by atoms with Gasteiger partial charge in [0.05, 0.1) is 5.69 Å². The van der Waals surface area contributed by atoms with Crippen LogP contribution in [0.3, 0.4) is 0 Å². The number of carbonyl (C=O) groups excluding carboxylic acids is 1. The monoisotopic (exact) mass is 313 g/mol. The highest BCUT2D eigenvalue weighted by atomic mass is 16.1. The summed E-state index contributed by atoms with van der Waals surface area (Å²) in [4.78, 5) is 12.8. The Bertz CT molecular complexity index is 871. The van der Waals surface area contributed by atoms with Gasteiger partial charge in [0.15, 0.2) is 5.78 Å². The van der Waals surface area contributed by atoms with Gasteiger partial charge in [-0.15, -0.1) is 0 Å². The van der Waals surface area contributed by atoms with E-state index in [0.717, 1.165) is 16.8 Å². The fraction of sp³-hybridized carbons (Fsp3) is 0.0455. The number of carbonyl (C=O) groups is 1. The van der Waals surface area contributed by atoms with Crippen LogP contribution in [0.1, 0.15) is 16.8 Å². The normalized spacial score (nSPS) is 11.8. The molecule has 0 atom stereocenters. The third kappa shape index (κ3) is 3.79. The first-order valence-corrected chi connectivity index (χ1v) is 7.90. The average molecular weight is 313 g/mol. The van der Waals surface area contributed by atoms with Gasteiger partial charge in [-0.2, -0.15) is 0 Å². The van der Waals surface area contributed by atoms with Crippen LogP contribution in [0, 0.1) is 0 Å². The van der Waals surface area contributed by atoms with Crippen molar-refractivity contribution in [3.05, 3.63) is 102 Å². The predicted octanol–water partition coefficient (Wildman–Crippen LogP) is 4.85. The second-order valence-electron chi connectivity index (χ2n) is 5.58. The minimum absolute atomic E-state index is 0.00972. The number of nitrogens with zero attached hydrogens (tertiary/aromatic N) is 1. The number of ketones is 1. The maximum atomic E-state index is 12.8. The van der Waals surface area contributed by atoms with Crippen molar-refractivity contribution in [2.45, 2.75) is 0 Å². The van der Waals surface area contributed by atoms with E-state index in [2.05, 4.69) is 0 Å². The summed E-state index contributed by atoms with van der Waals surface area (Å²) in [5.41, 5.74) is 3.61. The highest BCUT2D eigenvalue weighted by molar-refractivity contribution is 6.30. The Kier molecular flexibility index (Phi) is 4.87. The lowest BCUT2D eigenvalue weighted by Crippen LogP contribution is -2.03. The van der Waals surface area contributed by atoms with Gasteiger partial charge in [0.1, 0.15) is 0 Å². The van der Waals surface area contributed by atoms with Gasteiger partial charge >= 0.3 is 0 Å². The van der Waals surface area contributed by atoms with Crippen LogP contribution in [-0.4, -0.2) is 10.4 Å². The molecule has 0 spiro atoms. The van der Waals surface area contributed by atoms with E-state index < -0.39 is 0 Å². The Morgan fingerprint density at radius 3 is 2.04 bits per heavy atom. The van der Waals surface area contributed by atoms with E-state index in [9.17, 15) is 4.79 Å². The molecule has 0 N–H and O–H groups in total. The van der Waals surface area contributed by atoms with Crippen LogP contribution in [0.2, 0.25) is 0 Å². The maximum absolute atomic E-state index is 12.8. The molecule has 0 saturated carbocycles. The van der Waals surface area contributed by atoms with Gasteiger partial charge in [0, 0.05) is 18.8 Å². The SMILES string of the molecule is Cn1cccc1/C(=C/c1ccccc1)C(=O)/C=C\c1ccccc1. The van der Waals surface area contributed by atoms with Crippen LogP contribution in [0.25, 0.3) is 17.7 Å². The standard InChI is InChI=1S/C22H19NO/c1-23-16-8-13-21(23)20(17-19-11-6-3-7-12-19)22(24)15-14-18-9-4-2-5-10-18/h2-17H,1H3/b15-14-,20-17-. The molecule has 3 aromatic rings. The summed E-state index contributed by atoms with van der Waals surface area (Å²) in [6, 6.07) is 23.7. The molecule has 0 radical (unpaired) electrons. The minimum atomic E-state index is -0.00972. The van der Waals surface area contributed by atoms with Crippen molar-refractivity contribution < 1.29 is 4.79 Å². The van der Waals surface area contributed by atoms with Crippen LogP contribution < -0.4 is 0 Å². The Balaban J connectivity index is 1.96. The second kappa shape index (κ2) is 7.42. The number of aryl methyl sites for hydroxylation is 1. The highest BCUT2D eigenvalue weighted by Gasteiger charge is 2.12. The molecule has 0 fully saturated rings. The van der Waals surface area contributed by atoms with Gasteiger partial charge in [-0.25, -0.2) is 0 Å². The molecule has 0 saturated heterocycles. The summed E-state index contributed by atoms with van der Waals surface area (Å²) in [7, 11) is 1.95. The van der Waals surface area contributed by atoms with Crippen molar-refractivity contribution in [2.75, 3.05) is 0 Å². The summed E-state index contributed by atoms with van der Waals surface area (Å²) >= 11 is 0. The van der Waals surface area contributed by atoms with E-state index >= 15 is 0 Å². The van der Waals surface area contributed by atoms with Gasteiger partial charge in [-0.3, -0.25) is 4.79 Å². The summed E-state index contributed by atoms with van der Waals surface area (Å²) < 4.78 is 1.96. The number of benzene rings is 2. The fourth-order valence-electron chi connectivity index (χ4n) is 2.55. The fourth-order valence-corrected chi connectivity index (χ4v) is 2.55. The first-order valence-electron chi connectivity index (χ1n) is 7.90. The van der Waals surface area contributed by atoms with Crippen molar-refractivity contribution >= 4 is 23.5 Å². The van der Waals surface area contributed by atoms with Crippen molar-refractivity contribution in [1.29, 1.82) is 0 Å². The first-order chi connectivity index (χ1) is 11.7. The lowest BCUT2D eigenvalue weighted by atomic mass is 10.0. The van der Waals surface area contributed by atoms with E-state index in [-0.39, 0.29) is 5.78 Å². The summed E-state index contributed by atoms with van der Waals surface area (Å²) in [6.07, 6.45) is 7.37. The third-order valence-electron chi connectivity index (χ3n) is 3.82. The molecular formula is C22H19NO. The Hall–Kier alpha value is -3.13. The molecule has 0 aliphatic rings. The zero-order valence-corrected chi connectivity index (χ0v) is 13.6. The molecule has 0 aliphatic carbocycles. The zero-order chi connectivity index (χ0) is 16.8. The third-order valence-corrected chi connectivity index (χ3v) is 3.82. The number of aromatic nitrogens is 1. The lowest BCUT2D eigenvalue weighted by Gasteiger charge is -2.07. The summed E-state index contributed by atoms with van der Waals surface area (Å²) in [5.74, 6) is -0.00972. The second-order valence-corrected chi connectivity index (χ2v) is 5.58. The van der Waals surface area contributed by atoms with E-state index in [4.69, 9.17) is 0 Å². The van der Waals surface area contributed by atoms with Crippen molar-refractivity contribution in [1.82, 2.24) is 4.57 Å². The molecule has 2 nitrogen and oxygen atoms in total. The smallest absolute Gasteiger partial charge is 0.187 e. The zero-order valence-electron chi connectivity index (χ0n) is 13.6. The van der Waals surface area contributed by atoms with E-state index in [0.29, 0.717) is 5.57 Å². The molecule has 118 valence electrons. The number of rotatable bonds is 5. The number of hydrogen-bond donors (Lipinski definition) is 0. The molecule has 0 amide bonds. The van der Waals surface area contributed by atoms with Crippen LogP contribution in [-0.2, 0) is 11.8 Å². The molecule has 0 aliphatic heterocycles. The lowest BCUT2D eigenvalue weighted by molar-refractivity contribution is -0.109. The van der Waals surface area contributed by atoms with E-state index in [1.165, 1.54) is 0 Å². The van der Waals surface area contributed by atoms with Crippen molar-refractivity contribution in [2.24, 2.45) is 7.05 Å². The van der Waals surface area contributed by atoms with Crippen LogP contribution >= 0.6 is 0 Å². The predicted molar refractivity (Wildman–Crippen MR) is 100 cm³/mol. The largest absolute Gasteiger partial charge is 0.350 e. The van der Waals surface area contributed by atoms with Gasteiger partial charge in [0.2, 0.25) is 0 Å². The van der Waals surface area contributed by atoms with Crippen LogP contribution in [0.4, 0.5) is 0 Å². The van der Waals surface area contributed by atoms with Gasteiger partial charge in [0.25, 0.3) is 0 Å². The molecule has 3 rings (SSSR count). The van der Waals surface area contributed by atoms with Gasteiger partial charge in [-0.05, 0) is 35.4 Å².